The van der Waals surface area contributed by atoms with Crippen molar-refractivity contribution in [1.82, 2.24) is 0 Å². The molecule has 2 saturated carbocycles. The third kappa shape index (κ3) is 3.92. The van der Waals surface area contributed by atoms with Crippen molar-refractivity contribution in [2.45, 2.75) is 115 Å². The van der Waals surface area contributed by atoms with E-state index in [9.17, 15) is 19.8 Å². The number of esters is 2. The molecule has 2 bridgehead atoms. The van der Waals surface area contributed by atoms with E-state index in [1.54, 1.807) is 24.3 Å². The van der Waals surface area contributed by atoms with E-state index in [4.69, 9.17) is 23.7 Å². The minimum atomic E-state index is -1.76. The highest BCUT2D eigenvalue weighted by atomic mass is 16.8. The molecule has 2 saturated heterocycles. The second-order valence-corrected chi connectivity index (χ2v) is 13.9. The van der Waals surface area contributed by atoms with Crippen molar-refractivity contribution in [2.75, 3.05) is 6.61 Å². The van der Waals surface area contributed by atoms with Crippen LogP contribution >= 0.6 is 0 Å². The summed E-state index contributed by atoms with van der Waals surface area (Å²) in [5.41, 5.74) is -2.94. The summed E-state index contributed by atoms with van der Waals surface area (Å²) >= 11 is 0. The number of rotatable bonds is 3. The van der Waals surface area contributed by atoms with E-state index in [0.717, 1.165) is 11.1 Å². The summed E-state index contributed by atoms with van der Waals surface area (Å²) in [6, 6.07) is 8.63. The third-order valence-electron chi connectivity index (χ3n) is 10.8. The highest BCUT2D eigenvalue weighted by Gasteiger charge is 2.77. The van der Waals surface area contributed by atoms with E-state index in [1.807, 2.05) is 40.7 Å². The first-order chi connectivity index (χ1) is 19.1. The number of hydrogen-bond donors (Lipinski definition) is 2. The summed E-state index contributed by atoms with van der Waals surface area (Å²) in [4.78, 5) is 26.5. The molecule has 2 N–H and O–H groups in total. The predicted octanol–water partition coefficient (Wildman–Crippen LogP) is 3.70. The van der Waals surface area contributed by atoms with E-state index >= 15 is 0 Å². The Kier molecular flexibility index (Phi) is 6.39. The van der Waals surface area contributed by atoms with Crippen LogP contribution in [-0.4, -0.2) is 76.3 Å². The predicted molar refractivity (Wildman–Crippen MR) is 147 cm³/mol. The fourth-order valence-corrected chi connectivity index (χ4v) is 8.80. The van der Waals surface area contributed by atoms with Crippen molar-refractivity contribution in [1.29, 1.82) is 0 Å². The van der Waals surface area contributed by atoms with Crippen LogP contribution < -0.4 is 0 Å². The minimum Gasteiger partial charge on any atom is -0.455 e. The van der Waals surface area contributed by atoms with Crippen molar-refractivity contribution >= 4 is 11.9 Å². The quantitative estimate of drug-likeness (QED) is 0.414. The van der Waals surface area contributed by atoms with Gasteiger partial charge in [0.15, 0.2) is 11.4 Å². The van der Waals surface area contributed by atoms with E-state index in [1.165, 1.54) is 6.92 Å². The van der Waals surface area contributed by atoms with Gasteiger partial charge in [-0.15, -0.1) is 0 Å². The summed E-state index contributed by atoms with van der Waals surface area (Å²) < 4.78 is 32.0. The van der Waals surface area contributed by atoms with Gasteiger partial charge in [0.2, 0.25) is 0 Å². The van der Waals surface area contributed by atoms with Crippen LogP contribution in [0.4, 0.5) is 0 Å². The minimum absolute atomic E-state index is 0.0715. The van der Waals surface area contributed by atoms with E-state index in [0.29, 0.717) is 18.4 Å². The molecule has 0 radical (unpaired) electrons. The summed E-state index contributed by atoms with van der Waals surface area (Å²) in [6.45, 7) is 12.9. The van der Waals surface area contributed by atoms with Crippen LogP contribution in [0.5, 0.6) is 0 Å². The van der Waals surface area contributed by atoms with Crippen LogP contribution in [0.1, 0.15) is 78.1 Å². The Morgan fingerprint density at radius 1 is 1.05 bits per heavy atom. The zero-order valence-corrected chi connectivity index (χ0v) is 24.9. The third-order valence-corrected chi connectivity index (χ3v) is 10.8. The van der Waals surface area contributed by atoms with Gasteiger partial charge in [0, 0.05) is 24.2 Å². The molecule has 1 aromatic carbocycles. The number of carbonyl (C=O) groups is 2. The molecular weight excluding hydrogens is 528 g/mol. The van der Waals surface area contributed by atoms with Gasteiger partial charge in [-0.1, -0.05) is 39.0 Å². The zero-order chi connectivity index (χ0) is 29.8. The Hall–Kier alpha value is -2.30. The van der Waals surface area contributed by atoms with E-state index < -0.39 is 76.2 Å². The van der Waals surface area contributed by atoms with Crippen LogP contribution in [0.15, 0.2) is 41.5 Å². The number of hydrogen-bond acceptors (Lipinski definition) is 9. The SMILES string of the molecule is CC(=O)O[C@@]12CO[C@@H]1CC[C@@]1(C)[C@@H]3OC(C)(C)O[C@@H]3C3=C(C)[C@@H](O)C[C@@](O)([C@H](OC(=O)c4ccccc4)[C@@H]12)C3(C)C. The molecule has 9 heteroatoms. The van der Waals surface area contributed by atoms with E-state index in [2.05, 4.69) is 6.92 Å². The number of aliphatic hydroxyl groups excluding tert-OH is 1. The lowest BCUT2D eigenvalue weighted by Gasteiger charge is -2.68. The zero-order valence-electron chi connectivity index (χ0n) is 24.9. The highest BCUT2D eigenvalue weighted by molar-refractivity contribution is 5.89. The molecule has 9 atom stereocenters. The molecule has 224 valence electrons. The van der Waals surface area contributed by atoms with Gasteiger partial charge in [-0.05, 0) is 56.9 Å². The van der Waals surface area contributed by atoms with E-state index in [-0.39, 0.29) is 13.0 Å². The molecule has 4 fully saturated rings. The summed E-state index contributed by atoms with van der Waals surface area (Å²) in [5, 5.41) is 24.5. The Labute approximate surface area is 241 Å². The van der Waals surface area contributed by atoms with Gasteiger partial charge < -0.3 is 33.9 Å². The molecule has 9 nitrogen and oxygen atoms in total. The molecule has 5 aliphatic rings. The Morgan fingerprint density at radius 2 is 1.73 bits per heavy atom. The number of fused-ring (bicyclic) bond motifs is 8. The first-order valence-corrected chi connectivity index (χ1v) is 14.6. The van der Waals surface area contributed by atoms with Crippen LogP contribution in [-0.2, 0) is 28.5 Å². The lowest BCUT2D eigenvalue weighted by Crippen LogP contribution is -2.79. The lowest BCUT2D eigenvalue weighted by molar-refractivity contribution is -0.346. The molecule has 3 aliphatic carbocycles. The second kappa shape index (κ2) is 9.10. The Bertz CT molecular complexity index is 1290. The maximum absolute atomic E-state index is 13.8. The standard InChI is InChI=1S/C32H42O9/c1-17-20(34)15-32(36)26(38-27(35)19-11-9-8-10-12-19)24-30(7,14-13-21-31(24,16-37-21)39-18(2)33)25-23(22(17)28(32,3)4)40-29(5,6)41-25/h8-12,20-21,23-26,34,36H,13-16H2,1-7H3/t20-,21+,23+,24-,25+,26+,30+,31-,32+/m0/s1. The van der Waals surface area contributed by atoms with Gasteiger partial charge in [0.05, 0.1) is 30.3 Å². The molecule has 2 aliphatic heterocycles. The van der Waals surface area contributed by atoms with Crippen LogP contribution in [0.25, 0.3) is 0 Å². The van der Waals surface area contributed by atoms with Crippen molar-refractivity contribution in [3.8, 4) is 0 Å². The van der Waals surface area contributed by atoms with Gasteiger partial charge in [-0.25, -0.2) is 4.79 Å². The molecule has 1 aromatic rings. The first-order valence-electron chi connectivity index (χ1n) is 14.6. The summed E-state index contributed by atoms with van der Waals surface area (Å²) in [7, 11) is 0. The smallest absolute Gasteiger partial charge is 0.338 e. The topological polar surface area (TPSA) is 121 Å². The largest absolute Gasteiger partial charge is 0.455 e. The highest BCUT2D eigenvalue weighted by Crippen LogP contribution is 2.67. The normalized spacial score (nSPS) is 43.8. The number of ether oxygens (including phenoxy) is 5. The second-order valence-electron chi connectivity index (χ2n) is 13.9. The molecule has 41 heavy (non-hydrogen) atoms. The van der Waals surface area contributed by atoms with Gasteiger partial charge in [0.25, 0.3) is 0 Å². The maximum Gasteiger partial charge on any atom is 0.338 e. The lowest BCUT2D eigenvalue weighted by atomic mass is 9.45. The average Bonchev–Trinajstić information content (AvgIpc) is 3.20. The average molecular weight is 571 g/mol. The summed E-state index contributed by atoms with van der Waals surface area (Å²) in [5.74, 6) is -2.79. The summed E-state index contributed by atoms with van der Waals surface area (Å²) in [6.07, 6.45) is -2.66. The molecule has 6 rings (SSSR count). The molecule has 0 amide bonds. The van der Waals surface area contributed by atoms with Crippen molar-refractivity contribution in [3.63, 3.8) is 0 Å². The molecule has 0 unspecified atom stereocenters. The molecule has 0 spiro atoms. The molecule has 0 aromatic heterocycles. The van der Waals surface area contributed by atoms with Crippen molar-refractivity contribution in [2.24, 2.45) is 16.7 Å². The van der Waals surface area contributed by atoms with Crippen LogP contribution in [0.2, 0.25) is 0 Å². The maximum atomic E-state index is 13.8. The van der Waals surface area contributed by atoms with Crippen LogP contribution in [0, 0.1) is 16.7 Å². The van der Waals surface area contributed by atoms with Crippen LogP contribution in [0.3, 0.4) is 0 Å². The van der Waals surface area contributed by atoms with Gasteiger partial charge >= 0.3 is 11.9 Å². The van der Waals surface area contributed by atoms with Gasteiger partial charge in [0.1, 0.15) is 23.9 Å². The monoisotopic (exact) mass is 570 g/mol. The van der Waals surface area contributed by atoms with Gasteiger partial charge in [-0.2, -0.15) is 0 Å². The molecular formula is C32H42O9. The fourth-order valence-electron chi connectivity index (χ4n) is 8.80. The number of aliphatic hydroxyl groups is 2. The number of benzene rings is 1. The van der Waals surface area contributed by atoms with Crippen molar-refractivity contribution in [3.05, 3.63) is 47.0 Å². The van der Waals surface area contributed by atoms with Crippen molar-refractivity contribution < 1.29 is 43.5 Å². The Morgan fingerprint density at radius 3 is 2.34 bits per heavy atom. The van der Waals surface area contributed by atoms with Gasteiger partial charge in [-0.3, -0.25) is 4.79 Å². The number of carbonyl (C=O) groups excluding carboxylic acids is 2. The first kappa shape index (κ1) is 28.8. The molecule has 2 heterocycles. The fraction of sp³-hybridized carbons (Fsp3) is 0.688. The Balaban J connectivity index is 1.63.